The maximum Gasteiger partial charge on any atom is 0.329 e. The molecule has 2 rings (SSSR count). The van der Waals surface area contributed by atoms with Crippen molar-refractivity contribution in [3.63, 3.8) is 0 Å². The molecular weight excluding hydrogens is 500 g/mol. The van der Waals surface area contributed by atoms with Crippen LogP contribution in [0.1, 0.15) is 31.4 Å². The third-order valence-electron chi connectivity index (χ3n) is 4.35. The van der Waals surface area contributed by atoms with Crippen molar-refractivity contribution in [2.75, 3.05) is 11.9 Å². The highest BCUT2D eigenvalue weighted by atomic mass is 79.9. The Hall–Kier alpha value is -2.91. The van der Waals surface area contributed by atoms with E-state index in [1.54, 1.807) is 43.3 Å². The molecule has 0 spiro atoms. The van der Waals surface area contributed by atoms with Gasteiger partial charge in [0.05, 0.1) is 6.21 Å². The molecule has 8 nitrogen and oxygen atoms in total. The lowest BCUT2D eigenvalue weighted by Gasteiger charge is -2.11. The standard InChI is InChI=1S/C22H24BrClN4O4/c1-4-14(3)26-21(30)22(31)28-25-11-15-9-16(23)6-8-19(15)32-12-20(29)27-17-7-5-13(2)18(24)10-17/h5-11,14H,4,12H2,1-3H3,(H,26,30)(H,27,29)(H,28,31)/b25-11-/t14-/m0/s1. The summed E-state index contributed by atoms with van der Waals surface area (Å²) in [6.45, 7) is 5.31. The molecule has 0 saturated heterocycles. The lowest BCUT2D eigenvalue weighted by Crippen LogP contribution is -2.41. The highest BCUT2D eigenvalue weighted by Crippen LogP contribution is 2.22. The van der Waals surface area contributed by atoms with Gasteiger partial charge in [-0.2, -0.15) is 5.10 Å². The van der Waals surface area contributed by atoms with Crippen LogP contribution in [-0.4, -0.2) is 36.6 Å². The predicted molar refractivity (Wildman–Crippen MR) is 128 cm³/mol. The number of ether oxygens (including phenoxy) is 1. The Balaban J connectivity index is 1.97. The summed E-state index contributed by atoms with van der Waals surface area (Å²) in [5, 5.41) is 9.62. The smallest absolute Gasteiger partial charge is 0.329 e. The number of anilines is 1. The zero-order valence-corrected chi connectivity index (χ0v) is 20.2. The molecule has 0 radical (unpaired) electrons. The molecular formula is C22H24BrClN4O4. The second-order valence-electron chi connectivity index (χ2n) is 6.96. The van der Waals surface area contributed by atoms with Crippen molar-refractivity contribution in [3.8, 4) is 5.75 Å². The first-order valence-electron chi connectivity index (χ1n) is 9.81. The van der Waals surface area contributed by atoms with Gasteiger partial charge >= 0.3 is 11.8 Å². The van der Waals surface area contributed by atoms with Gasteiger partial charge < -0.3 is 15.4 Å². The first kappa shape index (κ1) is 25.4. The van der Waals surface area contributed by atoms with Crippen molar-refractivity contribution in [2.24, 2.45) is 5.10 Å². The summed E-state index contributed by atoms with van der Waals surface area (Å²) in [5.41, 5.74) is 4.13. The molecule has 10 heteroatoms. The minimum absolute atomic E-state index is 0.121. The number of hydrogen-bond acceptors (Lipinski definition) is 5. The molecule has 0 saturated carbocycles. The molecule has 2 aromatic rings. The van der Waals surface area contributed by atoms with Crippen LogP contribution < -0.4 is 20.8 Å². The van der Waals surface area contributed by atoms with E-state index in [2.05, 4.69) is 37.1 Å². The third kappa shape index (κ3) is 7.97. The van der Waals surface area contributed by atoms with Gasteiger partial charge in [0.1, 0.15) is 5.75 Å². The highest BCUT2D eigenvalue weighted by Gasteiger charge is 2.14. The van der Waals surface area contributed by atoms with Crippen LogP contribution in [0.25, 0.3) is 0 Å². The number of halogens is 2. The number of nitrogens with one attached hydrogen (secondary N) is 3. The topological polar surface area (TPSA) is 109 Å². The molecule has 0 aliphatic carbocycles. The van der Waals surface area contributed by atoms with Crippen LogP contribution in [0.15, 0.2) is 46.0 Å². The first-order valence-corrected chi connectivity index (χ1v) is 11.0. The average Bonchev–Trinajstić information content (AvgIpc) is 2.75. The van der Waals surface area contributed by atoms with Gasteiger partial charge in [-0.25, -0.2) is 5.43 Å². The number of amides is 3. The molecule has 0 fully saturated rings. The monoisotopic (exact) mass is 522 g/mol. The molecule has 0 aliphatic heterocycles. The van der Waals surface area contributed by atoms with E-state index in [1.807, 2.05) is 13.8 Å². The van der Waals surface area contributed by atoms with Crippen LogP contribution in [0.3, 0.4) is 0 Å². The molecule has 0 unspecified atom stereocenters. The Morgan fingerprint density at radius 3 is 2.62 bits per heavy atom. The summed E-state index contributed by atoms with van der Waals surface area (Å²) < 4.78 is 6.34. The number of carbonyl (C=O) groups excluding carboxylic acids is 3. The number of rotatable bonds is 8. The number of nitrogens with zero attached hydrogens (tertiary/aromatic N) is 1. The van der Waals surface area contributed by atoms with Gasteiger partial charge in [-0.3, -0.25) is 14.4 Å². The van der Waals surface area contributed by atoms with Gasteiger partial charge in [0.15, 0.2) is 6.61 Å². The van der Waals surface area contributed by atoms with Crippen LogP contribution in [0, 0.1) is 6.92 Å². The normalized spacial score (nSPS) is 11.7. The van der Waals surface area contributed by atoms with E-state index < -0.39 is 11.8 Å². The molecule has 0 heterocycles. The first-order chi connectivity index (χ1) is 15.2. The van der Waals surface area contributed by atoms with E-state index in [-0.39, 0.29) is 18.6 Å². The SMILES string of the molecule is CC[C@H](C)NC(=O)C(=O)N/N=C\c1cc(Br)ccc1OCC(=O)Nc1ccc(C)c(Cl)c1. The quantitative estimate of drug-likeness (QED) is 0.278. The third-order valence-corrected chi connectivity index (χ3v) is 5.25. The summed E-state index contributed by atoms with van der Waals surface area (Å²) >= 11 is 9.42. The fourth-order valence-corrected chi connectivity index (χ4v) is 2.92. The van der Waals surface area contributed by atoms with Gasteiger partial charge in [-0.05, 0) is 56.2 Å². The number of carbonyl (C=O) groups is 3. The van der Waals surface area contributed by atoms with Crippen LogP contribution in [0.4, 0.5) is 5.69 Å². The summed E-state index contributed by atoms with van der Waals surface area (Å²) in [4.78, 5) is 35.8. The van der Waals surface area contributed by atoms with E-state index >= 15 is 0 Å². The van der Waals surface area contributed by atoms with Gasteiger partial charge in [-0.1, -0.05) is 40.5 Å². The maximum atomic E-state index is 12.2. The maximum absolute atomic E-state index is 12.2. The van der Waals surface area contributed by atoms with Gasteiger partial charge in [0.2, 0.25) is 0 Å². The summed E-state index contributed by atoms with van der Waals surface area (Å²) in [7, 11) is 0. The van der Waals surface area contributed by atoms with Crippen molar-refractivity contribution in [1.29, 1.82) is 0 Å². The fourth-order valence-electron chi connectivity index (χ4n) is 2.37. The molecule has 0 bridgehead atoms. The lowest BCUT2D eigenvalue weighted by atomic mass is 10.2. The van der Waals surface area contributed by atoms with Crippen molar-refractivity contribution in [2.45, 2.75) is 33.2 Å². The Kier molecular flexibility index (Phi) is 9.67. The second kappa shape index (κ2) is 12.2. The summed E-state index contributed by atoms with van der Waals surface area (Å²) in [6.07, 6.45) is 2.03. The van der Waals surface area contributed by atoms with Crippen LogP contribution in [-0.2, 0) is 14.4 Å². The predicted octanol–water partition coefficient (Wildman–Crippen LogP) is 3.79. The fraction of sp³-hybridized carbons (Fsp3) is 0.273. The molecule has 1 atom stereocenters. The minimum Gasteiger partial charge on any atom is -0.483 e. The largest absolute Gasteiger partial charge is 0.483 e. The molecule has 3 N–H and O–H groups in total. The number of benzene rings is 2. The Morgan fingerprint density at radius 1 is 1.19 bits per heavy atom. The lowest BCUT2D eigenvalue weighted by molar-refractivity contribution is -0.139. The van der Waals surface area contributed by atoms with Crippen molar-refractivity contribution < 1.29 is 19.1 Å². The van der Waals surface area contributed by atoms with Crippen molar-refractivity contribution in [3.05, 3.63) is 57.0 Å². The van der Waals surface area contributed by atoms with E-state index in [0.717, 1.165) is 10.0 Å². The van der Waals surface area contributed by atoms with E-state index in [4.69, 9.17) is 16.3 Å². The summed E-state index contributed by atoms with van der Waals surface area (Å²) in [6, 6.07) is 10.2. The summed E-state index contributed by atoms with van der Waals surface area (Å²) in [5.74, 6) is -1.65. The molecule has 0 aliphatic rings. The Bertz CT molecular complexity index is 1030. The molecule has 32 heavy (non-hydrogen) atoms. The van der Waals surface area contributed by atoms with Crippen LogP contribution in [0.5, 0.6) is 5.75 Å². The highest BCUT2D eigenvalue weighted by molar-refractivity contribution is 9.10. The number of hydrazone groups is 1. The molecule has 0 aromatic heterocycles. The number of aryl methyl sites for hydroxylation is 1. The van der Waals surface area contributed by atoms with Crippen LogP contribution in [0.2, 0.25) is 5.02 Å². The van der Waals surface area contributed by atoms with Gasteiger partial charge in [0, 0.05) is 26.8 Å². The number of hydrogen-bond donors (Lipinski definition) is 3. The molecule has 3 amide bonds. The average molecular weight is 524 g/mol. The van der Waals surface area contributed by atoms with E-state index in [1.165, 1.54) is 6.21 Å². The van der Waals surface area contributed by atoms with Crippen LogP contribution >= 0.6 is 27.5 Å². The van der Waals surface area contributed by atoms with E-state index in [9.17, 15) is 14.4 Å². The zero-order chi connectivity index (χ0) is 23.7. The second-order valence-corrected chi connectivity index (χ2v) is 8.29. The molecule has 2 aromatic carbocycles. The van der Waals surface area contributed by atoms with E-state index in [0.29, 0.717) is 28.4 Å². The van der Waals surface area contributed by atoms with Gasteiger partial charge in [0.25, 0.3) is 5.91 Å². The minimum atomic E-state index is -0.879. The van der Waals surface area contributed by atoms with Crippen molar-refractivity contribution in [1.82, 2.24) is 10.7 Å². The van der Waals surface area contributed by atoms with Gasteiger partial charge in [-0.15, -0.1) is 0 Å². The zero-order valence-electron chi connectivity index (χ0n) is 17.9. The van der Waals surface area contributed by atoms with Crippen molar-refractivity contribution >= 4 is 57.2 Å². The molecule has 170 valence electrons. The Morgan fingerprint density at radius 2 is 1.94 bits per heavy atom. The Labute approximate surface area is 199 Å².